The molecule has 0 aromatic carbocycles. The van der Waals surface area contributed by atoms with Crippen molar-refractivity contribution in [2.75, 3.05) is 13.7 Å². The van der Waals surface area contributed by atoms with E-state index in [-0.39, 0.29) is 23.6 Å². The lowest BCUT2D eigenvalue weighted by Gasteiger charge is -2.25. The van der Waals surface area contributed by atoms with Gasteiger partial charge in [0.25, 0.3) is 5.56 Å². The molecule has 4 rings (SSSR count). The highest BCUT2D eigenvalue weighted by Crippen LogP contribution is 2.39. The molecule has 0 fully saturated rings. The zero-order valence-electron chi connectivity index (χ0n) is 16.6. The maximum absolute atomic E-state index is 13.2. The van der Waals surface area contributed by atoms with E-state index >= 15 is 0 Å². The average Bonchev–Trinajstić information content (AvgIpc) is 3.50. The lowest BCUT2D eigenvalue weighted by molar-refractivity contribution is -0.138. The van der Waals surface area contributed by atoms with Gasteiger partial charge in [0.05, 0.1) is 35.3 Å². The monoisotopic (exact) mass is 474 g/mol. The highest BCUT2D eigenvalue weighted by Gasteiger charge is 2.40. The Morgan fingerprint density at radius 1 is 1.16 bits per heavy atom. The van der Waals surface area contributed by atoms with E-state index in [4.69, 9.17) is 15.2 Å². The fraction of sp³-hybridized carbons (Fsp3) is 0.190. The minimum Gasteiger partial charge on any atom is -0.466 e. The van der Waals surface area contributed by atoms with Crippen molar-refractivity contribution in [1.82, 2.24) is 4.57 Å². The number of esters is 2. The van der Waals surface area contributed by atoms with Gasteiger partial charge in [0.15, 0.2) is 0 Å². The summed E-state index contributed by atoms with van der Waals surface area (Å²) in [6, 6.07) is 7.40. The Labute approximate surface area is 189 Å². The molecule has 2 N–H and O–H groups in total. The molecule has 0 saturated carbocycles. The molecule has 0 radical (unpaired) electrons. The second kappa shape index (κ2) is 8.66. The quantitative estimate of drug-likeness (QED) is 0.565. The van der Waals surface area contributed by atoms with Gasteiger partial charge in [0.1, 0.15) is 10.5 Å². The fourth-order valence-electron chi connectivity index (χ4n) is 3.41. The molecule has 31 heavy (non-hydrogen) atoms. The highest BCUT2D eigenvalue weighted by molar-refractivity contribution is 7.11. The van der Waals surface area contributed by atoms with Crippen LogP contribution in [0.3, 0.4) is 0 Å². The zero-order chi connectivity index (χ0) is 22.1. The van der Waals surface area contributed by atoms with Gasteiger partial charge in [0.2, 0.25) is 0 Å². The second-order valence-corrected chi connectivity index (χ2v) is 9.43. The van der Waals surface area contributed by atoms with Crippen molar-refractivity contribution in [2.24, 2.45) is 5.73 Å². The number of hydrogen-bond donors (Lipinski definition) is 1. The summed E-state index contributed by atoms with van der Waals surface area (Å²) in [5.74, 6) is -2.14. The van der Waals surface area contributed by atoms with Gasteiger partial charge in [-0.05, 0) is 35.9 Å². The number of hydrogen-bond acceptors (Lipinski definition) is 9. The number of thiophene rings is 2. The normalized spacial score (nSPS) is 16.4. The van der Waals surface area contributed by atoms with Crippen LogP contribution in [0, 0.1) is 0 Å². The molecule has 0 saturated heterocycles. The summed E-state index contributed by atoms with van der Waals surface area (Å²) in [7, 11) is 1.27. The van der Waals surface area contributed by atoms with E-state index in [1.165, 1.54) is 34.4 Å². The summed E-state index contributed by atoms with van der Waals surface area (Å²) < 4.78 is 12.2. The van der Waals surface area contributed by atoms with Gasteiger partial charge in [0, 0.05) is 9.75 Å². The molecule has 0 aliphatic carbocycles. The molecule has 7 nitrogen and oxygen atoms in total. The Balaban J connectivity index is 2.12. The van der Waals surface area contributed by atoms with Crippen LogP contribution in [0.1, 0.15) is 22.6 Å². The van der Waals surface area contributed by atoms with Gasteiger partial charge < -0.3 is 15.2 Å². The van der Waals surface area contributed by atoms with Crippen LogP contribution in [0.2, 0.25) is 0 Å². The minimum atomic E-state index is -0.792. The lowest BCUT2D eigenvalue weighted by atomic mass is 9.88. The molecule has 0 amide bonds. The number of carbonyl (C=O) groups is 2. The maximum Gasteiger partial charge on any atom is 0.338 e. The van der Waals surface area contributed by atoms with Gasteiger partial charge in [-0.1, -0.05) is 12.1 Å². The van der Waals surface area contributed by atoms with Crippen molar-refractivity contribution in [3.63, 3.8) is 0 Å². The Bertz CT molecular complexity index is 1340. The zero-order valence-corrected chi connectivity index (χ0v) is 19.1. The van der Waals surface area contributed by atoms with Crippen LogP contribution in [0.4, 0.5) is 0 Å². The van der Waals surface area contributed by atoms with E-state index < -0.39 is 23.4 Å². The van der Waals surface area contributed by atoms with Crippen LogP contribution in [-0.4, -0.2) is 30.2 Å². The third-order valence-corrected chi connectivity index (χ3v) is 7.56. The Hall–Kier alpha value is -2.95. The fourth-order valence-corrected chi connectivity index (χ4v) is 6.14. The SMILES string of the molecule is CCOC(=O)C1=C(N)n2c(sc(=Cc3cccs3)c2=O)=C(C(=O)OC)C1c1cccs1. The van der Waals surface area contributed by atoms with E-state index in [2.05, 4.69) is 0 Å². The van der Waals surface area contributed by atoms with Crippen LogP contribution in [0.25, 0.3) is 17.5 Å². The van der Waals surface area contributed by atoms with Gasteiger partial charge in [-0.25, -0.2) is 9.59 Å². The summed E-state index contributed by atoms with van der Waals surface area (Å²) in [6.45, 7) is 1.81. The van der Waals surface area contributed by atoms with Crippen LogP contribution in [0.15, 0.2) is 45.4 Å². The number of nitrogens with two attached hydrogens (primary N) is 1. The second-order valence-electron chi connectivity index (χ2n) is 6.44. The molecule has 1 atom stereocenters. The van der Waals surface area contributed by atoms with Gasteiger partial charge >= 0.3 is 11.9 Å². The molecular formula is C21H18N2O5S3. The number of methoxy groups -OCH3 is 1. The summed E-state index contributed by atoms with van der Waals surface area (Å²) in [5.41, 5.74) is 6.23. The first-order valence-corrected chi connectivity index (χ1v) is 11.9. The van der Waals surface area contributed by atoms with Gasteiger partial charge in [-0.3, -0.25) is 9.36 Å². The van der Waals surface area contributed by atoms with Crippen molar-refractivity contribution >= 4 is 63.4 Å². The van der Waals surface area contributed by atoms with Crippen molar-refractivity contribution in [3.05, 3.63) is 69.9 Å². The third-order valence-electron chi connectivity index (χ3n) is 4.69. The highest BCUT2D eigenvalue weighted by atomic mass is 32.1. The van der Waals surface area contributed by atoms with Crippen molar-refractivity contribution in [2.45, 2.75) is 12.8 Å². The van der Waals surface area contributed by atoms with Crippen molar-refractivity contribution in [1.29, 1.82) is 0 Å². The van der Waals surface area contributed by atoms with E-state index in [0.717, 1.165) is 21.1 Å². The van der Waals surface area contributed by atoms with E-state index in [9.17, 15) is 14.4 Å². The standard InChI is InChI=1S/C21H18N2O5S3/c1-3-28-21(26)15-14(12-7-5-9-30-12)16(20(25)27-2)19-23(17(15)22)18(24)13(31-19)10-11-6-4-8-29-11/h4-10,14H,3,22H2,1-2H3. The molecule has 10 heteroatoms. The molecule has 1 aliphatic heterocycles. The molecule has 0 spiro atoms. The first-order valence-electron chi connectivity index (χ1n) is 9.28. The number of ether oxygens (including phenoxy) is 2. The Morgan fingerprint density at radius 2 is 1.90 bits per heavy atom. The number of aromatic nitrogens is 1. The van der Waals surface area contributed by atoms with Gasteiger partial charge in [-0.15, -0.1) is 34.0 Å². The first-order chi connectivity index (χ1) is 15.0. The molecule has 1 unspecified atom stereocenters. The molecular weight excluding hydrogens is 456 g/mol. The number of fused-ring (bicyclic) bond motifs is 1. The topological polar surface area (TPSA) is 101 Å². The van der Waals surface area contributed by atoms with Gasteiger partial charge in [-0.2, -0.15) is 0 Å². The predicted molar refractivity (Wildman–Crippen MR) is 122 cm³/mol. The van der Waals surface area contributed by atoms with E-state index in [0.29, 0.717) is 9.20 Å². The Morgan fingerprint density at radius 3 is 2.52 bits per heavy atom. The smallest absolute Gasteiger partial charge is 0.338 e. The average molecular weight is 475 g/mol. The summed E-state index contributed by atoms with van der Waals surface area (Å²) in [6.07, 6.45) is 1.75. The third kappa shape index (κ3) is 3.67. The van der Waals surface area contributed by atoms with E-state index in [1.54, 1.807) is 13.0 Å². The first kappa shape index (κ1) is 21.3. The molecule has 3 aromatic heterocycles. The van der Waals surface area contributed by atoms with Crippen molar-refractivity contribution in [3.8, 4) is 0 Å². The lowest BCUT2D eigenvalue weighted by Crippen LogP contribution is -2.41. The van der Waals surface area contributed by atoms with Crippen LogP contribution in [-0.2, 0) is 19.1 Å². The van der Waals surface area contributed by atoms with Crippen LogP contribution < -0.4 is 20.5 Å². The Kier molecular flexibility index (Phi) is 5.94. The largest absolute Gasteiger partial charge is 0.466 e. The van der Waals surface area contributed by atoms with Crippen LogP contribution >= 0.6 is 34.0 Å². The molecule has 1 aliphatic rings. The number of nitrogens with zero attached hydrogens (tertiary/aromatic N) is 1. The predicted octanol–water partition coefficient (Wildman–Crippen LogP) is 1.67. The molecule has 3 aromatic rings. The number of carbonyl (C=O) groups excluding carboxylic acids is 2. The van der Waals surface area contributed by atoms with Crippen LogP contribution in [0.5, 0.6) is 0 Å². The molecule has 160 valence electrons. The van der Waals surface area contributed by atoms with Crippen molar-refractivity contribution < 1.29 is 19.1 Å². The minimum absolute atomic E-state index is 0.0356. The van der Waals surface area contributed by atoms with E-state index in [1.807, 2.05) is 35.0 Å². The molecule has 4 heterocycles. The maximum atomic E-state index is 13.2. The molecule has 0 bridgehead atoms. The number of rotatable bonds is 5. The summed E-state index contributed by atoms with van der Waals surface area (Å²) in [4.78, 5) is 40.7. The number of thiazole rings is 1. The summed E-state index contributed by atoms with van der Waals surface area (Å²) >= 11 is 4.01. The summed E-state index contributed by atoms with van der Waals surface area (Å²) in [5, 5.41) is 3.75.